The summed E-state index contributed by atoms with van der Waals surface area (Å²) in [6.07, 6.45) is -3.22. The van der Waals surface area contributed by atoms with Crippen molar-refractivity contribution in [1.82, 2.24) is 10.2 Å². The summed E-state index contributed by atoms with van der Waals surface area (Å²) in [5, 5.41) is 5.34. The Kier molecular flexibility index (Phi) is 4.64. The highest BCUT2D eigenvalue weighted by molar-refractivity contribution is 7.09. The van der Waals surface area contributed by atoms with Crippen LogP contribution in [0.1, 0.15) is 11.3 Å². The van der Waals surface area contributed by atoms with Crippen LogP contribution in [0.4, 0.5) is 13.2 Å². The lowest BCUT2D eigenvalue weighted by molar-refractivity contribution is -0.143. The average molecular weight is 278 g/mol. The number of rotatable bonds is 5. The van der Waals surface area contributed by atoms with Gasteiger partial charge in [-0.1, -0.05) is 6.07 Å². The second kappa shape index (κ2) is 6.04. The molecule has 1 aliphatic heterocycles. The van der Waals surface area contributed by atoms with Crippen molar-refractivity contribution in [3.05, 3.63) is 22.4 Å². The van der Waals surface area contributed by atoms with E-state index in [2.05, 4.69) is 11.4 Å². The SMILES string of the molecule is FC(F)(F)CN1CCC(CNCc2cccs2)C1. The Morgan fingerprint density at radius 3 is 2.94 bits per heavy atom. The molecule has 0 aliphatic carbocycles. The third-order valence-electron chi connectivity index (χ3n) is 3.09. The molecule has 102 valence electrons. The van der Waals surface area contributed by atoms with Gasteiger partial charge in [0.15, 0.2) is 0 Å². The maximum atomic E-state index is 12.2. The van der Waals surface area contributed by atoms with E-state index in [1.54, 1.807) is 11.3 Å². The number of hydrogen-bond acceptors (Lipinski definition) is 3. The molecule has 6 heteroatoms. The molecule has 1 N–H and O–H groups in total. The molecule has 0 aromatic carbocycles. The summed E-state index contributed by atoms with van der Waals surface area (Å²) in [6, 6.07) is 4.06. The van der Waals surface area contributed by atoms with Crippen LogP contribution in [0.2, 0.25) is 0 Å². The first-order valence-electron chi connectivity index (χ1n) is 6.05. The molecule has 1 aromatic heterocycles. The monoisotopic (exact) mass is 278 g/mol. The molecule has 0 amide bonds. The first-order chi connectivity index (χ1) is 8.53. The second-order valence-corrected chi connectivity index (χ2v) is 5.75. The Hall–Kier alpha value is -0.590. The van der Waals surface area contributed by atoms with E-state index >= 15 is 0 Å². The van der Waals surface area contributed by atoms with Crippen LogP contribution in [-0.2, 0) is 6.54 Å². The van der Waals surface area contributed by atoms with Crippen molar-refractivity contribution in [3.8, 4) is 0 Å². The average Bonchev–Trinajstić information content (AvgIpc) is 2.88. The minimum absolute atomic E-state index is 0.340. The topological polar surface area (TPSA) is 15.3 Å². The van der Waals surface area contributed by atoms with Crippen LogP contribution >= 0.6 is 11.3 Å². The Balaban J connectivity index is 1.64. The van der Waals surface area contributed by atoms with Gasteiger partial charge in [0.05, 0.1) is 6.54 Å². The molecule has 2 heterocycles. The fraction of sp³-hybridized carbons (Fsp3) is 0.667. The van der Waals surface area contributed by atoms with Gasteiger partial charge in [0.2, 0.25) is 0 Å². The van der Waals surface area contributed by atoms with Crippen LogP contribution in [0.15, 0.2) is 17.5 Å². The van der Waals surface area contributed by atoms with Crippen molar-refractivity contribution >= 4 is 11.3 Å². The van der Waals surface area contributed by atoms with Crippen LogP contribution in [-0.4, -0.2) is 37.3 Å². The number of alkyl halides is 3. The van der Waals surface area contributed by atoms with Gasteiger partial charge in [0.1, 0.15) is 0 Å². The number of thiophene rings is 1. The van der Waals surface area contributed by atoms with Crippen molar-refractivity contribution in [2.75, 3.05) is 26.2 Å². The predicted molar refractivity (Wildman–Crippen MR) is 66.6 cm³/mol. The predicted octanol–water partition coefficient (Wildman–Crippen LogP) is 2.72. The van der Waals surface area contributed by atoms with E-state index in [4.69, 9.17) is 0 Å². The van der Waals surface area contributed by atoms with E-state index in [1.807, 2.05) is 11.4 Å². The molecule has 1 unspecified atom stereocenters. The van der Waals surface area contributed by atoms with Gasteiger partial charge in [-0.15, -0.1) is 11.3 Å². The maximum absolute atomic E-state index is 12.2. The van der Waals surface area contributed by atoms with E-state index < -0.39 is 12.7 Å². The summed E-state index contributed by atoms with van der Waals surface area (Å²) in [4.78, 5) is 2.76. The molecule has 1 atom stereocenters. The first-order valence-corrected chi connectivity index (χ1v) is 6.93. The van der Waals surface area contributed by atoms with Crippen molar-refractivity contribution in [2.24, 2.45) is 5.92 Å². The van der Waals surface area contributed by atoms with E-state index in [0.717, 1.165) is 19.5 Å². The van der Waals surface area contributed by atoms with E-state index in [0.29, 0.717) is 19.0 Å². The molecule has 0 bridgehead atoms. The highest BCUT2D eigenvalue weighted by Gasteiger charge is 2.34. The summed E-state index contributed by atoms with van der Waals surface area (Å²) in [5.74, 6) is 0.340. The van der Waals surface area contributed by atoms with Crippen molar-refractivity contribution in [3.63, 3.8) is 0 Å². The van der Waals surface area contributed by atoms with Crippen LogP contribution in [0.3, 0.4) is 0 Å². The van der Waals surface area contributed by atoms with Gasteiger partial charge >= 0.3 is 6.18 Å². The third kappa shape index (κ3) is 4.59. The van der Waals surface area contributed by atoms with Crippen LogP contribution < -0.4 is 5.32 Å². The van der Waals surface area contributed by atoms with Crippen molar-refractivity contribution in [2.45, 2.75) is 19.1 Å². The number of halogens is 3. The molecule has 2 rings (SSSR count). The summed E-state index contributed by atoms with van der Waals surface area (Å²) >= 11 is 1.69. The summed E-state index contributed by atoms with van der Waals surface area (Å²) < 4.78 is 36.6. The zero-order valence-electron chi connectivity index (χ0n) is 10.0. The van der Waals surface area contributed by atoms with Crippen molar-refractivity contribution in [1.29, 1.82) is 0 Å². The minimum atomic E-state index is -4.07. The van der Waals surface area contributed by atoms with Crippen LogP contribution in [0, 0.1) is 5.92 Å². The largest absolute Gasteiger partial charge is 0.401 e. The Morgan fingerprint density at radius 1 is 1.44 bits per heavy atom. The standard InChI is InChI=1S/C12H17F3N2S/c13-12(14,15)9-17-4-3-10(8-17)6-16-7-11-2-1-5-18-11/h1-2,5,10,16H,3-4,6-9H2. The number of hydrogen-bond donors (Lipinski definition) is 1. The Bertz CT molecular complexity index is 351. The highest BCUT2D eigenvalue weighted by Crippen LogP contribution is 2.22. The molecule has 1 aromatic rings. The van der Waals surface area contributed by atoms with E-state index in [1.165, 1.54) is 9.78 Å². The zero-order chi connectivity index (χ0) is 13.0. The summed E-state index contributed by atoms with van der Waals surface area (Å²) in [6.45, 7) is 1.95. The lowest BCUT2D eigenvalue weighted by Crippen LogP contribution is -2.33. The van der Waals surface area contributed by atoms with E-state index in [-0.39, 0.29) is 0 Å². The highest BCUT2D eigenvalue weighted by atomic mass is 32.1. The lowest BCUT2D eigenvalue weighted by Gasteiger charge is -2.17. The smallest absolute Gasteiger partial charge is 0.312 e. The quantitative estimate of drug-likeness (QED) is 0.891. The summed E-state index contributed by atoms with van der Waals surface area (Å²) in [5.41, 5.74) is 0. The van der Waals surface area contributed by atoms with Gasteiger partial charge in [0.25, 0.3) is 0 Å². The first kappa shape index (κ1) is 13.8. The molecule has 1 fully saturated rings. The fourth-order valence-electron chi connectivity index (χ4n) is 2.29. The molecule has 1 saturated heterocycles. The minimum Gasteiger partial charge on any atom is -0.312 e. The maximum Gasteiger partial charge on any atom is 0.401 e. The molecule has 0 radical (unpaired) electrons. The van der Waals surface area contributed by atoms with Gasteiger partial charge < -0.3 is 5.32 Å². The zero-order valence-corrected chi connectivity index (χ0v) is 10.9. The van der Waals surface area contributed by atoms with Gasteiger partial charge in [0, 0.05) is 18.0 Å². The lowest BCUT2D eigenvalue weighted by atomic mass is 10.1. The molecule has 0 spiro atoms. The fourth-order valence-corrected chi connectivity index (χ4v) is 2.96. The molecule has 0 saturated carbocycles. The van der Waals surface area contributed by atoms with Crippen LogP contribution in [0.5, 0.6) is 0 Å². The molecular formula is C12H17F3N2S. The van der Waals surface area contributed by atoms with Gasteiger partial charge in [-0.2, -0.15) is 13.2 Å². The van der Waals surface area contributed by atoms with Gasteiger partial charge in [-0.25, -0.2) is 0 Å². The number of nitrogens with one attached hydrogen (secondary N) is 1. The van der Waals surface area contributed by atoms with Crippen LogP contribution in [0.25, 0.3) is 0 Å². The molecule has 2 nitrogen and oxygen atoms in total. The Labute approximate surface area is 109 Å². The van der Waals surface area contributed by atoms with Gasteiger partial charge in [-0.05, 0) is 36.9 Å². The molecule has 1 aliphatic rings. The number of likely N-dealkylation sites (tertiary alicyclic amines) is 1. The third-order valence-corrected chi connectivity index (χ3v) is 3.96. The van der Waals surface area contributed by atoms with E-state index in [9.17, 15) is 13.2 Å². The second-order valence-electron chi connectivity index (χ2n) is 4.72. The molecular weight excluding hydrogens is 261 g/mol. The molecule has 18 heavy (non-hydrogen) atoms. The Morgan fingerprint density at radius 2 is 2.28 bits per heavy atom. The van der Waals surface area contributed by atoms with Gasteiger partial charge in [-0.3, -0.25) is 4.90 Å². The normalized spacial score (nSPS) is 21.6. The summed E-state index contributed by atoms with van der Waals surface area (Å²) in [7, 11) is 0. The van der Waals surface area contributed by atoms with Crippen molar-refractivity contribution < 1.29 is 13.2 Å². The number of nitrogens with zero attached hydrogens (tertiary/aromatic N) is 1.